The highest BCUT2D eigenvalue weighted by molar-refractivity contribution is 6.07. The number of fused-ring (bicyclic) bond motifs is 1. The van der Waals surface area contributed by atoms with E-state index in [-0.39, 0.29) is 0 Å². The van der Waals surface area contributed by atoms with Crippen molar-refractivity contribution in [2.75, 3.05) is 10.2 Å². The van der Waals surface area contributed by atoms with Gasteiger partial charge in [-0.05, 0) is 11.6 Å². The molecule has 0 aliphatic carbocycles. The minimum atomic E-state index is -1.02. The third kappa shape index (κ3) is 2.33. The van der Waals surface area contributed by atoms with Gasteiger partial charge < -0.3 is 10.4 Å². The van der Waals surface area contributed by atoms with Crippen LogP contribution in [0.4, 0.5) is 16.2 Å². The Morgan fingerprint density at radius 3 is 2.81 bits per heavy atom. The Kier molecular flexibility index (Phi) is 3.09. The first-order valence-electron chi connectivity index (χ1n) is 6.46. The summed E-state index contributed by atoms with van der Waals surface area (Å²) in [6.45, 7) is 0. The Labute approximate surface area is 120 Å². The van der Waals surface area contributed by atoms with Gasteiger partial charge in [0.15, 0.2) is 0 Å². The third-order valence-electron chi connectivity index (χ3n) is 3.44. The third-order valence-corrected chi connectivity index (χ3v) is 3.44. The fraction of sp³-hybridized carbons (Fsp3) is 0.214. The zero-order valence-electron chi connectivity index (χ0n) is 11.4. The Morgan fingerprint density at radius 1 is 1.38 bits per heavy atom. The number of carboxylic acid groups (broad SMARTS) is 1. The van der Waals surface area contributed by atoms with E-state index >= 15 is 0 Å². The topological polar surface area (TPSA) is 87.5 Å². The molecule has 7 nitrogen and oxygen atoms in total. The molecule has 1 atom stereocenters. The van der Waals surface area contributed by atoms with E-state index in [2.05, 4.69) is 10.4 Å². The summed E-state index contributed by atoms with van der Waals surface area (Å²) in [4.78, 5) is 25.1. The number of hydrogen-bond acceptors (Lipinski definition) is 3. The molecule has 0 unspecified atom stereocenters. The predicted octanol–water partition coefficient (Wildman–Crippen LogP) is 1.47. The smallest absolute Gasteiger partial charge is 0.327 e. The number of amides is 2. The van der Waals surface area contributed by atoms with Crippen LogP contribution in [0.1, 0.15) is 5.56 Å². The van der Waals surface area contributed by atoms with Crippen molar-refractivity contribution in [1.29, 1.82) is 0 Å². The number of urea groups is 1. The molecule has 1 aromatic carbocycles. The maximum Gasteiger partial charge on any atom is 0.327 e. The number of nitrogens with zero attached hydrogens (tertiary/aromatic N) is 3. The van der Waals surface area contributed by atoms with Gasteiger partial charge in [-0.15, -0.1) is 0 Å². The summed E-state index contributed by atoms with van der Waals surface area (Å²) in [6, 6.07) is 5.84. The Bertz CT molecular complexity index is 710. The normalized spacial score (nSPS) is 16.6. The summed E-state index contributed by atoms with van der Waals surface area (Å²) in [5, 5.41) is 16.0. The molecule has 2 aromatic rings. The van der Waals surface area contributed by atoms with E-state index < -0.39 is 18.0 Å². The van der Waals surface area contributed by atoms with Crippen LogP contribution in [0.25, 0.3) is 0 Å². The van der Waals surface area contributed by atoms with Crippen molar-refractivity contribution in [3.63, 3.8) is 0 Å². The average molecular weight is 286 g/mol. The Morgan fingerprint density at radius 2 is 2.14 bits per heavy atom. The Hall–Kier alpha value is -2.83. The molecular weight excluding hydrogens is 272 g/mol. The average Bonchev–Trinajstić information content (AvgIpc) is 3.02. The molecule has 0 radical (unpaired) electrons. The number of aromatic nitrogens is 2. The highest BCUT2D eigenvalue weighted by Crippen LogP contribution is 2.32. The van der Waals surface area contributed by atoms with Crippen LogP contribution in [0.5, 0.6) is 0 Å². The van der Waals surface area contributed by atoms with Gasteiger partial charge >= 0.3 is 12.0 Å². The van der Waals surface area contributed by atoms with Gasteiger partial charge in [0.2, 0.25) is 0 Å². The van der Waals surface area contributed by atoms with Crippen LogP contribution < -0.4 is 10.2 Å². The molecule has 1 aliphatic heterocycles. The van der Waals surface area contributed by atoms with E-state index in [1.54, 1.807) is 30.1 Å². The molecule has 7 heteroatoms. The molecule has 108 valence electrons. The van der Waals surface area contributed by atoms with Crippen molar-refractivity contribution in [2.24, 2.45) is 7.05 Å². The molecule has 0 saturated heterocycles. The van der Waals surface area contributed by atoms with Crippen LogP contribution in [0.3, 0.4) is 0 Å². The molecule has 0 saturated carbocycles. The highest BCUT2D eigenvalue weighted by atomic mass is 16.4. The van der Waals surface area contributed by atoms with Gasteiger partial charge in [0.05, 0.1) is 11.9 Å². The van der Waals surface area contributed by atoms with E-state index in [0.717, 1.165) is 5.56 Å². The summed E-state index contributed by atoms with van der Waals surface area (Å²) in [6.07, 6.45) is 3.47. The second kappa shape index (κ2) is 4.93. The lowest BCUT2D eigenvalue weighted by molar-refractivity contribution is -0.138. The molecule has 3 rings (SSSR count). The van der Waals surface area contributed by atoms with Crippen LogP contribution in [-0.2, 0) is 18.3 Å². The van der Waals surface area contributed by atoms with E-state index in [1.807, 2.05) is 12.1 Å². The van der Waals surface area contributed by atoms with Gasteiger partial charge in [-0.1, -0.05) is 18.2 Å². The zero-order chi connectivity index (χ0) is 15.0. The van der Waals surface area contributed by atoms with Crippen LogP contribution >= 0.6 is 0 Å². The van der Waals surface area contributed by atoms with Crippen LogP contribution in [0.15, 0.2) is 36.7 Å². The lowest BCUT2D eigenvalue weighted by Crippen LogP contribution is -2.45. The lowest BCUT2D eigenvalue weighted by atomic mass is 10.1. The predicted molar refractivity (Wildman–Crippen MR) is 76.3 cm³/mol. The second-order valence-electron chi connectivity index (χ2n) is 4.89. The summed E-state index contributed by atoms with van der Waals surface area (Å²) < 4.78 is 1.56. The molecule has 0 fully saturated rings. The van der Waals surface area contributed by atoms with E-state index in [0.29, 0.717) is 17.8 Å². The SMILES string of the molecule is Cn1cc(NC(=O)N2c3ccccc3C[C@H]2C(=O)O)cn1. The number of benzene rings is 1. The molecule has 2 heterocycles. The molecular formula is C14H14N4O3. The highest BCUT2D eigenvalue weighted by Gasteiger charge is 2.38. The van der Waals surface area contributed by atoms with Crippen molar-refractivity contribution in [1.82, 2.24) is 9.78 Å². The fourth-order valence-electron chi connectivity index (χ4n) is 2.50. The lowest BCUT2D eigenvalue weighted by Gasteiger charge is -2.22. The first kappa shape index (κ1) is 13.2. The van der Waals surface area contributed by atoms with Crippen molar-refractivity contribution in [3.05, 3.63) is 42.2 Å². The van der Waals surface area contributed by atoms with Gasteiger partial charge in [-0.25, -0.2) is 9.59 Å². The van der Waals surface area contributed by atoms with Crippen molar-refractivity contribution < 1.29 is 14.7 Å². The van der Waals surface area contributed by atoms with Crippen LogP contribution in [0, 0.1) is 0 Å². The number of anilines is 2. The molecule has 1 aromatic heterocycles. The van der Waals surface area contributed by atoms with Crippen molar-refractivity contribution >= 4 is 23.4 Å². The quantitative estimate of drug-likeness (QED) is 0.875. The maximum atomic E-state index is 12.4. The van der Waals surface area contributed by atoms with Crippen LogP contribution in [0.2, 0.25) is 0 Å². The van der Waals surface area contributed by atoms with Crippen molar-refractivity contribution in [3.8, 4) is 0 Å². The first-order valence-corrected chi connectivity index (χ1v) is 6.46. The summed E-state index contributed by atoms with van der Waals surface area (Å²) in [5.41, 5.74) is 2.01. The molecule has 21 heavy (non-hydrogen) atoms. The number of carbonyl (C=O) groups is 2. The fourth-order valence-corrected chi connectivity index (χ4v) is 2.50. The van der Waals surface area contributed by atoms with Crippen molar-refractivity contribution in [2.45, 2.75) is 12.5 Å². The van der Waals surface area contributed by atoms with Gasteiger partial charge in [0, 0.05) is 25.4 Å². The molecule has 1 aliphatic rings. The van der Waals surface area contributed by atoms with E-state index in [9.17, 15) is 14.7 Å². The van der Waals surface area contributed by atoms with Gasteiger partial charge in [-0.3, -0.25) is 9.58 Å². The number of aliphatic carboxylic acids is 1. The monoisotopic (exact) mass is 286 g/mol. The minimum Gasteiger partial charge on any atom is -0.480 e. The number of aryl methyl sites for hydroxylation is 1. The number of rotatable bonds is 2. The summed E-state index contributed by atoms with van der Waals surface area (Å²) >= 11 is 0. The van der Waals surface area contributed by atoms with Gasteiger partial charge in [-0.2, -0.15) is 5.10 Å². The van der Waals surface area contributed by atoms with E-state index in [4.69, 9.17) is 0 Å². The number of carbonyl (C=O) groups excluding carboxylic acids is 1. The Balaban J connectivity index is 1.90. The maximum absolute atomic E-state index is 12.4. The minimum absolute atomic E-state index is 0.311. The number of para-hydroxylation sites is 1. The number of nitrogens with one attached hydrogen (secondary N) is 1. The second-order valence-corrected chi connectivity index (χ2v) is 4.89. The first-order chi connectivity index (χ1) is 10.1. The molecule has 2 amide bonds. The molecule has 0 spiro atoms. The van der Waals surface area contributed by atoms with Gasteiger partial charge in [0.1, 0.15) is 6.04 Å². The molecule has 2 N–H and O–H groups in total. The largest absolute Gasteiger partial charge is 0.480 e. The summed E-state index contributed by atoms with van der Waals surface area (Å²) in [7, 11) is 1.74. The summed E-state index contributed by atoms with van der Waals surface area (Å²) in [5.74, 6) is -1.02. The number of hydrogen-bond donors (Lipinski definition) is 2. The van der Waals surface area contributed by atoms with Gasteiger partial charge in [0.25, 0.3) is 0 Å². The van der Waals surface area contributed by atoms with E-state index in [1.165, 1.54) is 11.1 Å². The van der Waals surface area contributed by atoms with Crippen LogP contribution in [-0.4, -0.2) is 32.9 Å². The standard InChI is InChI=1S/C14H14N4O3/c1-17-8-10(7-15-17)16-14(21)18-11-5-3-2-4-9(11)6-12(18)13(19)20/h2-5,7-8,12H,6H2,1H3,(H,16,21)(H,19,20)/t12-/m0/s1. The molecule has 0 bridgehead atoms. The number of carboxylic acids is 1. The zero-order valence-corrected chi connectivity index (χ0v) is 11.4.